The number of benzene rings is 2. The van der Waals surface area contributed by atoms with Gasteiger partial charge in [0.15, 0.2) is 0 Å². The molecule has 0 aromatic heterocycles. The van der Waals surface area contributed by atoms with Gasteiger partial charge in [0.1, 0.15) is 6.04 Å². The summed E-state index contributed by atoms with van der Waals surface area (Å²) in [7, 11) is 1.44. The highest BCUT2D eigenvalue weighted by molar-refractivity contribution is 9.10. The molecule has 20 heavy (non-hydrogen) atoms. The molecule has 3 rings (SSSR count). The maximum atomic E-state index is 11.9. The van der Waals surface area contributed by atoms with Gasteiger partial charge in [-0.15, -0.1) is 0 Å². The molecular weight excluding hydrogens is 318 g/mol. The Morgan fingerprint density at radius 2 is 1.95 bits per heavy atom. The molecule has 0 bridgehead atoms. The van der Waals surface area contributed by atoms with Crippen LogP contribution in [0.5, 0.6) is 0 Å². The maximum Gasteiger partial charge on any atom is 0.328 e. The minimum absolute atomic E-state index is 0.181. The molecule has 1 fully saturated rings. The molecular formula is C16H16BrNO2. The molecule has 1 aliphatic carbocycles. The van der Waals surface area contributed by atoms with Crippen LogP contribution in [0.25, 0.3) is 10.8 Å². The van der Waals surface area contributed by atoms with Crippen molar-refractivity contribution in [2.75, 3.05) is 12.4 Å². The first kappa shape index (κ1) is 13.4. The van der Waals surface area contributed by atoms with E-state index in [2.05, 4.69) is 33.4 Å². The number of hydrogen-bond acceptors (Lipinski definition) is 3. The van der Waals surface area contributed by atoms with Crippen molar-refractivity contribution in [2.24, 2.45) is 5.92 Å². The van der Waals surface area contributed by atoms with Crippen LogP contribution in [0.2, 0.25) is 0 Å². The van der Waals surface area contributed by atoms with E-state index < -0.39 is 0 Å². The van der Waals surface area contributed by atoms with Crippen molar-refractivity contribution < 1.29 is 9.53 Å². The van der Waals surface area contributed by atoms with Crippen LogP contribution >= 0.6 is 15.9 Å². The third-order valence-electron chi connectivity index (χ3n) is 3.73. The van der Waals surface area contributed by atoms with E-state index in [1.54, 1.807) is 0 Å². The van der Waals surface area contributed by atoms with E-state index in [0.29, 0.717) is 5.92 Å². The van der Waals surface area contributed by atoms with Crippen LogP contribution in [0.4, 0.5) is 5.69 Å². The predicted octanol–water partition coefficient (Wildman–Crippen LogP) is 3.97. The van der Waals surface area contributed by atoms with Gasteiger partial charge in [-0.3, -0.25) is 0 Å². The van der Waals surface area contributed by atoms with E-state index in [4.69, 9.17) is 4.74 Å². The van der Waals surface area contributed by atoms with Crippen molar-refractivity contribution in [3.63, 3.8) is 0 Å². The Bertz CT molecular complexity index is 652. The molecule has 1 saturated carbocycles. The number of ether oxygens (including phenoxy) is 1. The summed E-state index contributed by atoms with van der Waals surface area (Å²) < 4.78 is 5.97. The molecule has 0 aliphatic heterocycles. The van der Waals surface area contributed by atoms with Crippen molar-refractivity contribution in [3.05, 3.63) is 40.9 Å². The molecule has 0 spiro atoms. The largest absolute Gasteiger partial charge is 0.467 e. The normalized spacial score (nSPS) is 15.9. The fourth-order valence-corrected chi connectivity index (χ4v) is 2.96. The van der Waals surface area contributed by atoms with Gasteiger partial charge < -0.3 is 10.1 Å². The Balaban J connectivity index is 1.97. The Kier molecular flexibility index (Phi) is 3.66. The maximum absolute atomic E-state index is 11.9. The van der Waals surface area contributed by atoms with Crippen molar-refractivity contribution in [1.82, 2.24) is 0 Å². The number of esters is 1. The van der Waals surface area contributed by atoms with Gasteiger partial charge in [0.25, 0.3) is 0 Å². The molecule has 3 nitrogen and oxygen atoms in total. The van der Waals surface area contributed by atoms with Gasteiger partial charge in [0.2, 0.25) is 0 Å². The molecule has 0 saturated heterocycles. The Morgan fingerprint density at radius 3 is 2.60 bits per heavy atom. The van der Waals surface area contributed by atoms with E-state index in [0.717, 1.165) is 33.8 Å². The zero-order valence-corrected chi connectivity index (χ0v) is 12.8. The lowest BCUT2D eigenvalue weighted by Gasteiger charge is -2.18. The van der Waals surface area contributed by atoms with Gasteiger partial charge >= 0.3 is 5.97 Å². The van der Waals surface area contributed by atoms with E-state index >= 15 is 0 Å². The predicted molar refractivity (Wildman–Crippen MR) is 83.8 cm³/mol. The number of hydrogen-bond donors (Lipinski definition) is 1. The van der Waals surface area contributed by atoms with Crippen molar-refractivity contribution >= 4 is 38.4 Å². The van der Waals surface area contributed by atoms with Crippen molar-refractivity contribution in [2.45, 2.75) is 18.9 Å². The smallest absolute Gasteiger partial charge is 0.328 e. The summed E-state index contributed by atoms with van der Waals surface area (Å²) in [4.78, 5) is 11.9. The second-order valence-corrected chi connectivity index (χ2v) is 5.98. The van der Waals surface area contributed by atoms with Crippen molar-refractivity contribution in [3.8, 4) is 0 Å². The van der Waals surface area contributed by atoms with Crippen LogP contribution < -0.4 is 5.32 Å². The van der Waals surface area contributed by atoms with Gasteiger partial charge in [-0.2, -0.15) is 0 Å². The number of methoxy groups -OCH3 is 1. The van der Waals surface area contributed by atoms with E-state index in [9.17, 15) is 4.79 Å². The summed E-state index contributed by atoms with van der Waals surface area (Å²) in [5.74, 6) is 0.212. The lowest BCUT2D eigenvalue weighted by Crippen LogP contribution is -2.32. The van der Waals surface area contributed by atoms with Crippen molar-refractivity contribution in [1.29, 1.82) is 0 Å². The number of rotatable bonds is 4. The third kappa shape index (κ3) is 2.52. The zero-order chi connectivity index (χ0) is 14.1. The summed E-state index contributed by atoms with van der Waals surface area (Å²) >= 11 is 3.56. The highest BCUT2D eigenvalue weighted by atomic mass is 79.9. The lowest BCUT2D eigenvalue weighted by molar-refractivity contribution is -0.142. The minimum Gasteiger partial charge on any atom is -0.467 e. The van der Waals surface area contributed by atoms with Crippen LogP contribution in [0.3, 0.4) is 0 Å². The van der Waals surface area contributed by atoms with Gasteiger partial charge in [-0.1, -0.05) is 40.2 Å². The first-order valence-electron chi connectivity index (χ1n) is 6.72. The lowest BCUT2D eigenvalue weighted by atomic mass is 10.1. The molecule has 104 valence electrons. The summed E-state index contributed by atoms with van der Waals surface area (Å²) in [5, 5.41) is 5.61. The molecule has 1 aliphatic rings. The topological polar surface area (TPSA) is 38.3 Å². The molecule has 0 heterocycles. The molecule has 1 unspecified atom stereocenters. The van der Waals surface area contributed by atoms with Gasteiger partial charge in [0.05, 0.1) is 7.11 Å². The third-order valence-corrected chi connectivity index (χ3v) is 4.42. The second-order valence-electron chi connectivity index (χ2n) is 5.12. The monoisotopic (exact) mass is 333 g/mol. The van der Waals surface area contributed by atoms with E-state index in [1.807, 2.05) is 24.3 Å². The number of halogens is 1. The average molecular weight is 334 g/mol. The van der Waals surface area contributed by atoms with Crippen LogP contribution in [-0.4, -0.2) is 19.1 Å². The van der Waals surface area contributed by atoms with Crippen LogP contribution in [-0.2, 0) is 9.53 Å². The van der Waals surface area contributed by atoms with Gasteiger partial charge in [-0.05, 0) is 36.3 Å². The molecule has 1 atom stereocenters. The SMILES string of the molecule is COC(=O)C(Nc1ccc(Br)c2ccccc12)C1CC1. The second kappa shape index (κ2) is 5.44. The number of nitrogens with one attached hydrogen (secondary N) is 1. The summed E-state index contributed by atoms with van der Waals surface area (Å²) in [5.41, 5.74) is 0.978. The molecule has 2 aromatic rings. The zero-order valence-electron chi connectivity index (χ0n) is 11.2. The summed E-state index contributed by atoms with van der Waals surface area (Å²) in [6, 6.07) is 11.9. The highest BCUT2D eigenvalue weighted by Gasteiger charge is 2.37. The van der Waals surface area contributed by atoms with Crippen LogP contribution in [0.15, 0.2) is 40.9 Å². The van der Waals surface area contributed by atoms with Crippen LogP contribution in [0.1, 0.15) is 12.8 Å². The summed E-state index contributed by atoms with van der Waals surface area (Å²) in [6.45, 7) is 0. The average Bonchev–Trinajstić information content (AvgIpc) is 3.31. The molecule has 0 amide bonds. The molecule has 2 aromatic carbocycles. The number of fused-ring (bicyclic) bond motifs is 1. The quantitative estimate of drug-likeness (QED) is 0.860. The molecule has 0 radical (unpaired) electrons. The highest BCUT2D eigenvalue weighted by Crippen LogP contribution is 2.37. The van der Waals surface area contributed by atoms with Gasteiger partial charge in [0, 0.05) is 15.5 Å². The number of carbonyl (C=O) groups excluding carboxylic acids is 1. The minimum atomic E-state index is -0.246. The first-order chi connectivity index (χ1) is 9.70. The Labute approximate surface area is 126 Å². The molecule has 1 N–H and O–H groups in total. The molecule has 4 heteroatoms. The number of carbonyl (C=O) groups is 1. The fourth-order valence-electron chi connectivity index (χ4n) is 2.48. The summed E-state index contributed by atoms with van der Waals surface area (Å²) in [6.07, 6.45) is 2.17. The first-order valence-corrected chi connectivity index (χ1v) is 7.51. The Hall–Kier alpha value is -1.55. The number of anilines is 1. The Morgan fingerprint density at radius 1 is 1.25 bits per heavy atom. The fraction of sp³-hybridized carbons (Fsp3) is 0.312. The van der Waals surface area contributed by atoms with Crippen LogP contribution in [0, 0.1) is 5.92 Å². The standard InChI is InChI=1S/C16H16BrNO2/c1-20-16(19)15(10-6-7-10)18-14-9-8-13(17)11-4-2-3-5-12(11)14/h2-5,8-10,15,18H,6-7H2,1H3. The van der Waals surface area contributed by atoms with Gasteiger partial charge in [-0.25, -0.2) is 4.79 Å². The van der Waals surface area contributed by atoms with E-state index in [1.165, 1.54) is 7.11 Å². The van der Waals surface area contributed by atoms with E-state index in [-0.39, 0.29) is 12.0 Å².